The van der Waals surface area contributed by atoms with Gasteiger partial charge in [-0.15, -0.1) is 0 Å². The number of hydrogen-bond donors (Lipinski definition) is 0. The normalized spacial score (nSPS) is 10.3. The largest absolute Gasteiger partial charge is 0.324 e. The van der Waals surface area contributed by atoms with Crippen LogP contribution in [0.5, 0.6) is 0 Å². The van der Waals surface area contributed by atoms with Gasteiger partial charge < -0.3 is 4.90 Å². The van der Waals surface area contributed by atoms with Crippen molar-refractivity contribution in [1.29, 1.82) is 0 Å². The smallest absolute Gasteiger partial charge is 0.292 e. The van der Waals surface area contributed by atoms with Crippen molar-refractivity contribution in [1.82, 2.24) is 4.98 Å². The summed E-state index contributed by atoms with van der Waals surface area (Å²) in [5.41, 5.74) is 2.57. The summed E-state index contributed by atoms with van der Waals surface area (Å²) in [5.74, 6) is 0.701. The van der Waals surface area contributed by atoms with Crippen LogP contribution in [0.4, 0.5) is 17.2 Å². The molecule has 0 aliphatic heterocycles. The van der Waals surface area contributed by atoms with Crippen LogP contribution in [0.2, 0.25) is 0 Å². The van der Waals surface area contributed by atoms with Gasteiger partial charge in [0.1, 0.15) is 11.5 Å². The molecule has 0 spiro atoms. The van der Waals surface area contributed by atoms with Gasteiger partial charge in [0, 0.05) is 18.8 Å². The van der Waals surface area contributed by atoms with E-state index in [0.29, 0.717) is 11.5 Å². The fraction of sp³-hybridized carbons (Fsp3) is 0.214. The minimum absolute atomic E-state index is 0.0750. The lowest BCUT2D eigenvalue weighted by Gasteiger charge is -2.19. The molecule has 0 saturated carbocycles. The number of benzene rings is 1. The first-order chi connectivity index (χ1) is 8.99. The first-order valence-electron chi connectivity index (χ1n) is 5.91. The van der Waals surface area contributed by atoms with Crippen molar-refractivity contribution in [2.45, 2.75) is 13.8 Å². The van der Waals surface area contributed by atoms with E-state index in [4.69, 9.17) is 0 Å². The van der Waals surface area contributed by atoms with Gasteiger partial charge in [0.2, 0.25) is 0 Å². The zero-order valence-corrected chi connectivity index (χ0v) is 11.1. The Morgan fingerprint density at radius 1 is 1.21 bits per heavy atom. The van der Waals surface area contributed by atoms with Gasteiger partial charge in [-0.25, -0.2) is 4.98 Å². The lowest BCUT2D eigenvalue weighted by molar-refractivity contribution is -0.384. The lowest BCUT2D eigenvalue weighted by atomic mass is 10.2. The maximum Gasteiger partial charge on any atom is 0.292 e. The van der Waals surface area contributed by atoms with Crippen molar-refractivity contribution in [3.05, 3.63) is 57.8 Å². The summed E-state index contributed by atoms with van der Waals surface area (Å²) in [6, 6.07) is 10.5. The molecule has 2 aromatic rings. The molecule has 1 aromatic heterocycles. The van der Waals surface area contributed by atoms with Gasteiger partial charge in [0.25, 0.3) is 5.69 Å². The highest BCUT2D eigenvalue weighted by Gasteiger charge is 2.17. The molecule has 2 rings (SSSR count). The number of nitro groups is 1. The summed E-state index contributed by atoms with van der Waals surface area (Å²) >= 11 is 0. The highest BCUT2D eigenvalue weighted by Crippen LogP contribution is 2.31. The number of hydrogen-bond acceptors (Lipinski definition) is 4. The highest BCUT2D eigenvalue weighted by atomic mass is 16.6. The molecular weight excluding hydrogens is 242 g/mol. The van der Waals surface area contributed by atoms with Crippen LogP contribution in [-0.4, -0.2) is 17.0 Å². The summed E-state index contributed by atoms with van der Waals surface area (Å²) < 4.78 is 0. The molecule has 0 aliphatic rings. The summed E-state index contributed by atoms with van der Waals surface area (Å²) in [7, 11) is 1.78. The summed E-state index contributed by atoms with van der Waals surface area (Å²) in [4.78, 5) is 16.8. The Bertz CT molecular complexity index is 606. The number of rotatable bonds is 3. The van der Waals surface area contributed by atoms with Crippen LogP contribution < -0.4 is 4.90 Å². The van der Waals surface area contributed by atoms with Crippen LogP contribution in [0.1, 0.15) is 11.3 Å². The predicted octanol–water partition coefficient (Wildman–Crippen LogP) is 3.37. The van der Waals surface area contributed by atoms with Gasteiger partial charge in [-0.2, -0.15) is 0 Å². The van der Waals surface area contributed by atoms with Crippen LogP contribution in [0.15, 0.2) is 36.4 Å². The minimum Gasteiger partial charge on any atom is -0.324 e. The van der Waals surface area contributed by atoms with E-state index in [2.05, 4.69) is 4.98 Å². The van der Waals surface area contributed by atoms with Crippen LogP contribution in [0, 0.1) is 24.0 Å². The van der Waals surface area contributed by atoms with Gasteiger partial charge in [-0.1, -0.05) is 12.1 Å². The number of pyridine rings is 1. The molecule has 0 unspecified atom stereocenters. The van der Waals surface area contributed by atoms with Crippen LogP contribution in [-0.2, 0) is 0 Å². The number of nitro benzene ring substituents is 1. The maximum atomic E-state index is 11.0. The molecule has 98 valence electrons. The first-order valence-corrected chi connectivity index (χ1v) is 5.91. The fourth-order valence-electron chi connectivity index (χ4n) is 2.02. The monoisotopic (exact) mass is 257 g/mol. The first kappa shape index (κ1) is 13.0. The molecule has 19 heavy (non-hydrogen) atoms. The Hall–Kier alpha value is -2.43. The molecule has 0 atom stereocenters. The van der Waals surface area contributed by atoms with E-state index >= 15 is 0 Å². The van der Waals surface area contributed by atoms with Crippen molar-refractivity contribution in [3.63, 3.8) is 0 Å². The summed E-state index contributed by atoms with van der Waals surface area (Å²) in [6.07, 6.45) is 0. The molecule has 0 aliphatic carbocycles. The summed E-state index contributed by atoms with van der Waals surface area (Å²) in [5, 5.41) is 11.0. The SMILES string of the molecule is Cc1cc(C)nc(N(C)c2ccccc2[N+](=O)[O-])c1. The zero-order chi connectivity index (χ0) is 14.0. The number of nitrogens with zero attached hydrogens (tertiary/aromatic N) is 3. The molecule has 0 N–H and O–H groups in total. The van der Waals surface area contributed by atoms with E-state index < -0.39 is 0 Å². The number of aryl methyl sites for hydroxylation is 2. The molecule has 0 radical (unpaired) electrons. The molecule has 0 saturated heterocycles. The molecule has 5 nitrogen and oxygen atoms in total. The molecule has 0 fully saturated rings. The second-order valence-electron chi connectivity index (χ2n) is 4.45. The molecule has 0 amide bonds. The zero-order valence-electron chi connectivity index (χ0n) is 11.1. The van der Waals surface area contributed by atoms with E-state index in [1.165, 1.54) is 6.07 Å². The molecule has 1 aromatic carbocycles. The van der Waals surface area contributed by atoms with Crippen LogP contribution in [0.3, 0.4) is 0 Å². The third-order valence-corrected chi connectivity index (χ3v) is 2.87. The van der Waals surface area contributed by atoms with E-state index in [1.54, 1.807) is 30.1 Å². The second-order valence-corrected chi connectivity index (χ2v) is 4.45. The number of aromatic nitrogens is 1. The van der Waals surface area contributed by atoms with E-state index in [9.17, 15) is 10.1 Å². The van der Waals surface area contributed by atoms with Gasteiger partial charge in [-0.05, 0) is 37.6 Å². The van der Waals surface area contributed by atoms with Crippen molar-refractivity contribution >= 4 is 17.2 Å². The average Bonchev–Trinajstić information content (AvgIpc) is 2.36. The van der Waals surface area contributed by atoms with Crippen LogP contribution in [0.25, 0.3) is 0 Å². The highest BCUT2D eigenvalue weighted by molar-refractivity contribution is 5.69. The third kappa shape index (κ3) is 2.70. The van der Waals surface area contributed by atoms with E-state index in [-0.39, 0.29) is 10.6 Å². The minimum atomic E-state index is -0.380. The Morgan fingerprint density at radius 2 is 1.89 bits per heavy atom. The van der Waals surface area contributed by atoms with Crippen molar-refractivity contribution in [3.8, 4) is 0 Å². The Labute approximate surface area is 111 Å². The lowest BCUT2D eigenvalue weighted by Crippen LogP contribution is -2.13. The Morgan fingerprint density at radius 3 is 2.53 bits per heavy atom. The van der Waals surface area contributed by atoms with E-state index in [1.807, 2.05) is 26.0 Å². The average molecular weight is 257 g/mol. The molecule has 1 heterocycles. The van der Waals surface area contributed by atoms with Crippen LogP contribution >= 0.6 is 0 Å². The van der Waals surface area contributed by atoms with Gasteiger partial charge in [-0.3, -0.25) is 10.1 Å². The molecule has 0 bridgehead atoms. The van der Waals surface area contributed by atoms with Gasteiger partial charge in [0.05, 0.1) is 4.92 Å². The summed E-state index contributed by atoms with van der Waals surface area (Å²) in [6.45, 7) is 3.88. The van der Waals surface area contributed by atoms with Gasteiger partial charge >= 0.3 is 0 Å². The topological polar surface area (TPSA) is 59.3 Å². The van der Waals surface area contributed by atoms with Crippen molar-refractivity contribution in [2.24, 2.45) is 0 Å². The quantitative estimate of drug-likeness (QED) is 0.624. The molecular formula is C14H15N3O2. The Kier molecular flexibility index (Phi) is 3.46. The number of anilines is 2. The maximum absolute atomic E-state index is 11.0. The Balaban J connectivity index is 2.49. The molecule has 5 heteroatoms. The van der Waals surface area contributed by atoms with Crippen molar-refractivity contribution in [2.75, 3.05) is 11.9 Å². The van der Waals surface area contributed by atoms with Crippen molar-refractivity contribution < 1.29 is 4.92 Å². The fourth-order valence-corrected chi connectivity index (χ4v) is 2.02. The standard InChI is InChI=1S/C14H15N3O2/c1-10-8-11(2)15-14(9-10)16(3)12-6-4-5-7-13(12)17(18)19/h4-9H,1-3H3. The third-order valence-electron chi connectivity index (χ3n) is 2.87. The number of para-hydroxylation sites is 2. The van der Waals surface area contributed by atoms with Gasteiger partial charge in [0.15, 0.2) is 0 Å². The second kappa shape index (κ2) is 5.06. The predicted molar refractivity (Wildman–Crippen MR) is 74.9 cm³/mol. The van der Waals surface area contributed by atoms with E-state index in [0.717, 1.165) is 11.3 Å².